The number of ether oxygens (including phenoxy) is 2. The number of rotatable bonds is 9. The molecule has 0 aromatic carbocycles. The van der Waals surface area contributed by atoms with Gasteiger partial charge in [-0.1, -0.05) is 0 Å². The number of hydrogen-bond acceptors (Lipinski definition) is 7. The molecule has 0 spiro atoms. The topological polar surface area (TPSA) is 136 Å². The molecule has 0 heterocycles. The maximum atomic E-state index is 11.9. The number of ketones is 1. The third-order valence-electron chi connectivity index (χ3n) is 2.79. The highest BCUT2D eigenvalue weighted by Crippen LogP contribution is 2.09. The molecule has 0 saturated heterocycles. The normalized spacial score (nSPS) is 14.7. The number of nitrogens with one attached hydrogen (secondary N) is 1. The Morgan fingerprint density at radius 2 is 1.78 bits per heavy atom. The molecule has 0 aliphatic heterocycles. The van der Waals surface area contributed by atoms with Gasteiger partial charge in [0.15, 0.2) is 18.0 Å². The summed E-state index contributed by atoms with van der Waals surface area (Å²) in [7, 11) is -3.00. The van der Waals surface area contributed by atoms with E-state index >= 15 is 0 Å². The summed E-state index contributed by atoms with van der Waals surface area (Å²) in [6, 6.07) is 0. The fourth-order valence-corrected chi connectivity index (χ4v) is 2.67. The average Bonchev–Trinajstić information content (AvgIpc) is 2.32. The van der Waals surface area contributed by atoms with E-state index in [0.717, 1.165) is 6.92 Å². The van der Waals surface area contributed by atoms with E-state index in [4.69, 9.17) is 14.0 Å². The Morgan fingerprint density at radius 1 is 1.26 bits per heavy atom. The number of carbonyl (C=O) groups excluding carboxylic acids is 3. The Bertz CT molecular complexity index is 554. The maximum absolute atomic E-state index is 11.9. The van der Waals surface area contributed by atoms with Crippen molar-refractivity contribution < 1.29 is 36.8 Å². The van der Waals surface area contributed by atoms with Crippen LogP contribution in [0.5, 0.6) is 0 Å². The summed E-state index contributed by atoms with van der Waals surface area (Å²) in [5.41, 5.74) is -1.25. The Balaban J connectivity index is 4.81. The quantitative estimate of drug-likeness (QED) is 0.426. The number of amides is 1. The molecule has 0 aliphatic carbocycles. The van der Waals surface area contributed by atoms with Gasteiger partial charge >= 0.3 is 5.97 Å². The first-order chi connectivity index (χ1) is 10.3. The van der Waals surface area contributed by atoms with Crippen molar-refractivity contribution in [1.29, 1.82) is 0 Å². The van der Waals surface area contributed by atoms with Gasteiger partial charge in [-0.25, -0.2) is 4.79 Å². The van der Waals surface area contributed by atoms with Gasteiger partial charge in [-0.2, -0.15) is 8.42 Å². The molecular weight excluding hydrogens is 330 g/mol. The highest BCUT2D eigenvalue weighted by atomic mass is 32.2. The van der Waals surface area contributed by atoms with Gasteiger partial charge in [-0.3, -0.25) is 14.1 Å². The molecule has 0 aromatic heterocycles. The summed E-state index contributed by atoms with van der Waals surface area (Å²) in [6.07, 6.45) is -2.66. The van der Waals surface area contributed by atoms with E-state index in [1.807, 2.05) is 0 Å². The predicted octanol–water partition coefficient (Wildman–Crippen LogP) is -0.305. The minimum atomic E-state index is -4.29. The molecule has 134 valence electrons. The summed E-state index contributed by atoms with van der Waals surface area (Å²) in [6.45, 7) is 5.36. The van der Waals surface area contributed by atoms with E-state index in [-0.39, 0.29) is 0 Å². The summed E-state index contributed by atoms with van der Waals surface area (Å²) in [5, 5.41) is 2.36. The summed E-state index contributed by atoms with van der Waals surface area (Å²) >= 11 is 0. The number of esters is 1. The Hall–Kier alpha value is -1.52. The van der Waals surface area contributed by atoms with E-state index in [9.17, 15) is 22.8 Å². The molecular formula is C13H23NO8S. The number of methoxy groups -OCH3 is 1. The third-order valence-corrected chi connectivity index (χ3v) is 3.88. The molecule has 1 amide bonds. The molecule has 0 aromatic rings. The smallest absolute Gasteiger partial charge is 0.335 e. The van der Waals surface area contributed by atoms with Crippen LogP contribution in [0.25, 0.3) is 0 Å². The van der Waals surface area contributed by atoms with E-state index in [0.29, 0.717) is 0 Å². The summed E-state index contributed by atoms with van der Waals surface area (Å²) < 4.78 is 40.2. The lowest BCUT2D eigenvalue weighted by atomic mass is 10.1. The van der Waals surface area contributed by atoms with Crippen LogP contribution < -0.4 is 5.32 Å². The van der Waals surface area contributed by atoms with Crippen LogP contribution in [0.3, 0.4) is 0 Å². The van der Waals surface area contributed by atoms with Crippen LogP contribution in [0.1, 0.15) is 34.1 Å². The van der Waals surface area contributed by atoms with Crippen LogP contribution >= 0.6 is 0 Å². The number of Topliss-reactive ketones (excluding diaryl/α,β-unsaturated/α-hetero) is 1. The fourth-order valence-electron chi connectivity index (χ4n) is 1.69. The van der Waals surface area contributed by atoms with Gasteiger partial charge in [0.25, 0.3) is 10.1 Å². The SMILES string of the molecule is COC(C)C(=O)OC(CC(=O)NC(C)(C)CS(=O)(=O)O)C(C)=O. The van der Waals surface area contributed by atoms with E-state index in [1.54, 1.807) is 0 Å². The highest BCUT2D eigenvalue weighted by Gasteiger charge is 2.30. The summed E-state index contributed by atoms with van der Waals surface area (Å²) in [4.78, 5) is 35.0. The lowest BCUT2D eigenvalue weighted by Crippen LogP contribution is -2.49. The van der Waals surface area contributed by atoms with Crippen LogP contribution in [0.2, 0.25) is 0 Å². The molecule has 0 radical (unpaired) electrons. The molecule has 2 N–H and O–H groups in total. The van der Waals surface area contributed by atoms with Gasteiger partial charge < -0.3 is 14.8 Å². The monoisotopic (exact) mass is 353 g/mol. The van der Waals surface area contributed by atoms with Gasteiger partial charge in [-0.15, -0.1) is 0 Å². The van der Waals surface area contributed by atoms with Crippen molar-refractivity contribution in [3.63, 3.8) is 0 Å². The molecule has 23 heavy (non-hydrogen) atoms. The zero-order valence-electron chi connectivity index (χ0n) is 13.8. The first-order valence-corrected chi connectivity index (χ1v) is 8.38. The van der Waals surface area contributed by atoms with Crippen molar-refractivity contribution in [3.05, 3.63) is 0 Å². The molecule has 0 bridgehead atoms. The van der Waals surface area contributed by atoms with Crippen molar-refractivity contribution in [2.45, 2.75) is 51.9 Å². The van der Waals surface area contributed by atoms with Crippen molar-refractivity contribution in [3.8, 4) is 0 Å². The van der Waals surface area contributed by atoms with E-state index < -0.39 is 57.7 Å². The lowest BCUT2D eigenvalue weighted by molar-refractivity contribution is -0.164. The molecule has 0 saturated carbocycles. The maximum Gasteiger partial charge on any atom is 0.335 e. The first-order valence-electron chi connectivity index (χ1n) is 6.77. The van der Waals surface area contributed by atoms with Crippen molar-refractivity contribution >= 4 is 27.8 Å². The first kappa shape index (κ1) is 21.5. The van der Waals surface area contributed by atoms with Gasteiger partial charge in [0.2, 0.25) is 5.91 Å². The lowest BCUT2D eigenvalue weighted by Gasteiger charge is -2.25. The third kappa shape index (κ3) is 9.26. The van der Waals surface area contributed by atoms with Gasteiger partial charge in [0.1, 0.15) is 0 Å². The molecule has 0 rings (SSSR count). The van der Waals surface area contributed by atoms with Gasteiger partial charge in [0.05, 0.1) is 17.7 Å². The molecule has 2 atom stereocenters. The standard InChI is InChI=1S/C13H23NO8S/c1-8(15)10(22-12(17)9(2)21-5)6-11(16)14-13(3,4)7-23(18,19)20/h9-10H,6-7H2,1-5H3,(H,14,16)(H,18,19,20). The average molecular weight is 353 g/mol. The van der Waals surface area contributed by atoms with Crippen molar-refractivity contribution in [1.82, 2.24) is 5.32 Å². The van der Waals surface area contributed by atoms with Crippen molar-refractivity contribution in [2.75, 3.05) is 12.9 Å². The second-order valence-electron chi connectivity index (χ2n) is 5.78. The van der Waals surface area contributed by atoms with Crippen LogP contribution in [-0.2, 0) is 34.0 Å². The minimum Gasteiger partial charge on any atom is -0.452 e. The largest absolute Gasteiger partial charge is 0.452 e. The van der Waals surface area contributed by atoms with Crippen LogP contribution in [0.15, 0.2) is 0 Å². The van der Waals surface area contributed by atoms with Crippen LogP contribution in [0.4, 0.5) is 0 Å². The van der Waals surface area contributed by atoms with Crippen LogP contribution in [0, 0.1) is 0 Å². The molecule has 10 heteroatoms. The van der Waals surface area contributed by atoms with Gasteiger partial charge in [-0.05, 0) is 27.7 Å². The second kappa shape index (κ2) is 8.37. The van der Waals surface area contributed by atoms with Crippen LogP contribution in [-0.4, -0.2) is 61.2 Å². The highest BCUT2D eigenvalue weighted by molar-refractivity contribution is 7.85. The van der Waals surface area contributed by atoms with E-state index in [1.165, 1.54) is 27.9 Å². The Labute approximate surface area is 135 Å². The minimum absolute atomic E-state index is 0.466. The Morgan fingerprint density at radius 3 is 2.17 bits per heavy atom. The predicted molar refractivity (Wildman–Crippen MR) is 80.3 cm³/mol. The molecule has 2 unspecified atom stereocenters. The zero-order chi connectivity index (χ0) is 18.4. The number of hydrogen-bond donors (Lipinski definition) is 2. The fraction of sp³-hybridized carbons (Fsp3) is 0.769. The summed E-state index contributed by atoms with van der Waals surface area (Å²) in [5.74, 6) is -2.73. The number of carbonyl (C=O) groups is 3. The zero-order valence-corrected chi connectivity index (χ0v) is 14.6. The van der Waals surface area contributed by atoms with Gasteiger partial charge in [0, 0.05) is 7.11 Å². The molecule has 0 aliphatic rings. The van der Waals surface area contributed by atoms with E-state index in [2.05, 4.69) is 5.32 Å². The second-order valence-corrected chi connectivity index (χ2v) is 7.23. The molecule has 9 nitrogen and oxygen atoms in total. The van der Waals surface area contributed by atoms with Crippen molar-refractivity contribution in [2.24, 2.45) is 0 Å². The molecule has 0 fully saturated rings. The Kier molecular flexibility index (Phi) is 7.81.